The molecule has 1 aliphatic heterocycles. The van der Waals surface area contributed by atoms with Gasteiger partial charge in [0.1, 0.15) is 3.23 Å². The molecule has 0 aromatic heterocycles. The van der Waals surface area contributed by atoms with Crippen molar-refractivity contribution in [1.82, 2.24) is 5.32 Å². The average Bonchev–Trinajstić information content (AvgIpc) is 2.60. The van der Waals surface area contributed by atoms with E-state index in [1.807, 2.05) is 0 Å². The summed E-state index contributed by atoms with van der Waals surface area (Å²) in [5.41, 5.74) is -0.810. The van der Waals surface area contributed by atoms with Gasteiger partial charge < -0.3 is 0 Å². The Hall–Kier alpha value is 0.1000. The first-order chi connectivity index (χ1) is 6.51. The van der Waals surface area contributed by atoms with E-state index in [0.29, 0.717) is 5.92 Å². The van der Waals surface area contributed by atoms with Crippen LogP contribution in [-0.4, -0.2) is 15.0 Å². The van der Waals surface area contributed by atoms with E-state index in [1.54, 1.807) is 0 Å². The van der Waals surface area contributed by atoms with Gasteiger partial charge in [0.25, 0.3) is 0 Å². The van der Waals surface area contributed by atoms with Crippen molar-refractivity contribution < 1.29 is 9.59 Å². The molecule has 0 radical (unpaired) electrons. The molecular formula is C9H9Br2NO2. The van der Waals surface area contributed by atoms with Crippen molar-refractivity contribution in [2.75, 3.05) is 0 Å². The zero-order valence-corrected chi connectivity index (χ0v) is 10.5. The van der Waals surface area contributed by atoms with Gasteiger partial charge in [0.05, 0.1) is 0 Å². The third kappa shape index (κ3) is 0.702. The number of halogens is 2. The maximum absolute atomic E-state index is 11.7. The van der Waals surface area contributed by atoms with E-state index in [0.717, 1.165) is 19.3 Å². The number of fused-ring (bicyclic) bond motifs is 3. The van der Waals surface area contributed by atoms with E-state index in [1.165, 1.54) is 0 Å². The molecule has 2 aliphatic carbocycles. The molecule has 0 aromatic rings. The zero-order chi connectivity index (χ0) is 10.1. The maximum atomic E-state index is 11.7. The van der Waals surface area contributed by atoms with Crippen LogP contribution >= 0.6 is 31.9 Å². The summed E-state index contributed by atoms with van der Waals surface area (Å²) in [6.45, 7) is 0. The molecule has 2 unspecified atom stereocenters. The molecule has 3 aliphatic rings. The Morgan fingerprint density at radius 1 is 1.14 bits per heavy atom. The van der Waals surface area contributed by atoms with E-state index >= 15 is 0 Å². The Labute approximate surface area is 98.2 Å². The minimum atomic E-state index is -0.810. The van der Waals surface area contributed by atoms with E-state index in [4.69, 9.17) is 0 Å². The molecule has 1 N–H and O–H groups in total. The number of nitrogens with one attached hydrogen (secondary N) is 1. The fourth-order valence-electron chi connectivity index (χ4n) is 3.31. The van der Waals surface area contributed by atoms with E-state index in [9.17, 15) is 9.59 Å². The molecule has 2 bridgehead atoms. The Bertz CT molecular complexity index is 339. The first-order valence-electron chi connectivity index (χ1n) is 4.75. The molecule has 3 nitrogen and oxygen atoms in total. The molecule has 3 fully saturated rings. The average molecular weight is 323 g/mol. The number of hydrogen-bond donors (Lipinski definition) is 1. The van der Waals surface area contributed by atoms with Crippen molar-refractivity contribution in [2.24, 2.45) is 17.3 Å². The summed E-state index contributed by atoms with van der Waals surface area (Å²) < 4.78 is -0.491. The molecule has 76 valence electrons. The summed E-state index contributed by atoms with van der Waals surface area (Å²) in [6, 6.07) is 0. The molecule has 3 rings (SSSR count). The highest BCUT2D eigenvalue weighted by molar-refractivity contribution is 9.25. The van der Waals surface area contributed by atoms with Gasteiger partial charge in [-0.1, -0.05) is 31.9 Å². The minimum Gasteiger partial charge on any atom is -0.294 e. The van der Waals surface area contributed by atoms with Crippen molar-refractivity contribution in [2.45, 2.75) is 22.5 Å². The third-order valence-corrected chi connectivity index (χ3v) is 6.57. The van der Waals surface area contributed by atoms with Gasteiger partial charge in [-0.25, -0.2) is 0 Å². The highest BCUT2D eigenvalue weighted by Crippen LogP contribution is 2.70. The highest BCUT2D eigenvalue weighted by Gasteiger charge is 2.77. The molecule has 2 amide bonds. The van der Waals surface area contributed by atoms with Crippen LogP contribution in [0.25, 0.3) is 0 Å². The van der Waals surface area contributed by atoms with Crippen molar-refractivity contribution in [3.63, 3.8) is 0 Å². The zero-order valence-electron chi connectivity index (χ0n) is 7.35. The highest BCUT2D eigenvalue weighted by atomic mass is 79.9. The number of carbonyl (C=O) groups excluding carboxylic acids is 2. The second kappa shape index (κ2) is 2.43. The number of β-lactam (4-membered cyclic amide) rings is 2. The van der Waals surface area contributed by atoms with Crippen LogP contribution in [0.4, 0.5) is 0 Å². The fourth-order valence-corrected chi connectivity index (χ4v) is 5.51. The van der Waals surface area contributed by atoms with Gasteiger partial charge in [-0.3, -0.25) is 14.9 Å². The van der Waals surface area contributed by atoms with E-state index in [-0.39, 0.29) is 17.7 Å². The number of rotatable bonds is 0. The number of alkyl halides is 2. The van der Waals surface area contributed by atoms with Crippen LogP contribution in [0, 0.1) is 17.3 Å². The molecule has 0 aromatic carbocycles. The SMILES string of the molecule is O=C1NC(=O)C12C1CCC(C1)C2(Br)Br. The van der Waals surface area contributed by atoms with Crippen LogP contribution in [-0.2, 0) is 9.59 Å². The number of amides is 2. The van der Waals surface area contributed by atoms with Gasteiger partial charge >= 0.3 is 0 Å². The first-order valence-corrected chi connectivity index (χ1v) is 6.33. The van der Waals surface area contributed by atoms with Gasteiger partial charge in [0, 0.05) is 0 Å². The van der Waals surface area contributed by atoms with Crippen molar-refractivity contribution >= 4 is 43.7 Å². The van der Waals surface area contributed by atoms with Gasteiger partial charge in [0.2, 0.25) is 11.8 Å². The standard InChI is InChI=1S/C9H9Br2NO2/c10-9(11)5-2-1-4(3-5)8(9)6(13)12-7(8)14/h4-5H,1-3H2,(H,12,13,14). The van der Waals surface area contributed by atoms with Crippen LogP contribution in [0.1, 0.15) is 19.3 Å². The number of carbonyl (C=O) groups is 2. The molecule has 14 heavy (non-hydrogen) atoms. The molecule has 5 heteroatoms. The lowest BCUT2D eigenvalue weighted by Gasteiger charge is -2.49. The lowest BCUT2D eigenvalue weighted by molar-refractivity contribution is -0.161. The second-order valence-corrected chi connectivity index (χ2v) is 7.99. The maximum Gasteiger partial charge on any atom is 0.244 e. The van der Waals surface area contributed by atoms with E-state index < -0.39 is 8.65 Å². The molecule has 1 spiro atoms. The molecule has 2 atom stereocenters. The summed E-state index contributed by atoms with van der Waals surface area (Å²) in [4.78, 5) is 23.4. The van der Waals surface area contributed by atoms with Crippen LogP contribution in [0.5, 0.6) is 0 Å². The molecular weight excluding hydrogens is 314 g/mol. The Morgan fingerprint density at radius 3 is 2.07 bits per heavy atom. The lowest BCUT2D eigenvalue weighted by atomic mass is 9.67. The van der Waals surface area contributed by atoms with Crippen LogP contribution in [0.2, 0.25) is 0 Å². The van der Waals surface area contributed by atoms with Crippen LogP contribution in [0.3, 0.4) is 0 Å². The molecule has 1 heterocycles. The Morgan fingerprint density at radius 2 is 1.71 bits per heavy atom. The van der Waals surface area contributed by atoms with Crippen molar-refractivity contribution in [1.29, 1.82) is 0 Å². The number of imide groups is 1. The summed E-state index contributed by atoms with van der Waals surface area (Å²) in [5, 5.41) is 2.34. The minimum absolute atomic E-state index is 0.108. The fraction of sp³-hybridized carbons (Fsp3) is 0.778. The number of hydrogen-bond acceptors (Lipinski definition) is 2. The summed E-state index contributed by atoms with van der Waals surface area (Å²) in [5.74, 6) is 0.418. The largest absolute Gasteiger partial charge is 0.294 e. The molecule has 2 saturated carbocycles. The van der Waals surface area contributed by atoms with Crippen LogP contribution in [0.15, 0.2) is 0 Å². The molecule has 1 saturated heterocycles. The Balaban J connectivity index is 2.15. The first kappa shape index (κ1) is 9.33. The second-order valence-electron chi connectivity index (χ2n) is 4.42. The monoisotopic (exact) mass is 321 g/mol. The third-order valence-electron chi connectivity index (χ3n) is 4.03. The predicted molar refractivity (Wildman–Crippen MR) is 57.0 cm³/mol. The van der Waals surface area contributed by atoms with Gasteiger partial charge in [0.15, 0.2) is 5.41 Å². The normalized spacial score (nSPS) is 41.3. The van der Waals surface area contributed by atoms with Gasteiger partial charge in [-0.15, -0.1) is 0 Å². The summed E-state index contributed by atoms with van der Waals surface area (Å²) in [6.07, 6.45) is 3.09. The topological polar surface area (TPSA) is 46.2 Å². The lowest BCUT2D eigenvalue weighted by Crippen LogP contribution is -2.72. The predicted octanol–water partition coefficient (Wildman–Crippen LogP) is 1.55. The smallest absolute Gasteiger partial charge is 0.244 e. The van der Waals surface area contributed by atoms with Crippen LogP contribution < -0.4 is 5.32 Å². The van der Waals surface area contributed by atoms with Crippen molar-refractivity contribution in [3.8, 4) is 0 Å². The van der Waals surface area contributed by atoms with E-state index in [2.05, 4.69) is 37.2 Å². The van der Waals surface area contributed by atoms with Crippen molar-refractivity contribution in [3.05, 3.63) is 0 Å². The van der Waals surface area contributed by atoms with Gasteiger partial charge in [-0.05, 0) is 31.1 Å². The quantitative estimate of drug-likeness (QED) is 0.418. The summed E-state index contributed by atoms with van der Waals surface area (Å²) in [7, 11) is 0. The van der Waals surface area contributed by atoms with Gasteiger partial charge in [-0.2, -0.15) is 0 Å². The Kier molecular flexibility index (Phi) is 1.62. The summed E-state index contributed by atoms with van der Waals surface area (Å²) >= 11 is 7.10.